The Morgan fingerprint density at radius 1 is 1.23 bits per heavy atom. The number of anilines is 1. The predicted octanol–water partition coefficient (Wildman–Crippen LogP) is 4.92. The highest BCUT2D eigenvalue weighted by Gasteiger charge is 2.18. The van der Waals surface area contributed by atoms with E-state index in [1.54, 1.807) is 60.7 Å². The van der Waals surface area contributed by atoms with E-state index in [4.69, 9.17) is 32.7 Å². The molecule has 31 heavy (non-hydrogen) atoms. The molecule has 0 bridgehead atoms. The predicted molar refractivity (Wildman–Crippen MR) is 128 cm³/mol. The molecular weight excluding hydrogens is 459 g/mol. The van der Waals surface area contributed by atoms with E-state index in [2.05, 4.69) is 22.0 Å². The third kappa shape index (κ3) is 7.20. The quantitative estimate of drug-likeness (QED) is 0.571. The Balaban J connectivity index is 1.63. The summed E-state index contributed by atoms with van der Waals surface area (Å²) in [5.41, 5.74) is 0.522. The van der Waals surface area contributed by atoms with Crippen molar-refractivity contribution in [2.45, 2.75) is 0 Å². The van der Waals surface area contributed by atoms with Gasteiger partial charge in [-0.3, -0.25) is 9.80 Å². The summed E-state index contributed by atoms with van der Waals surface area (Å²) in [6.07, 6.45) is 1.73. The van der Waals surface area contributed by atoms with E-state index in [0.29, 0.717) is 45.6 Å². The van der Waals surface area contributed by atoms with Gasteiger partial charge in [0.25, 0.3) is 0 Å². The van der Waals surface area contributed by atoms with Crippen molar-refractivity contribution in [3.8, 4) is 11.5 Å². The van der Waals surface area contributed by atoms with Crippen LogP contribution in [0.25, 0.3) is 0 Å². The summed E-state index contributed by atoms with van der Waals surface area (Å²) in [7, 11) is 1.60. The Labute approximate surface area is 194 Å². The summed E-state index contributed by atoms with van der Waals surface area (Å²) in [4.78, 5) is 16.8. The molecule has 0 fully saturated rings. The monoisotopic (exact) mass is 478 g/mol. The van der Waals surface area contributed by atoms with Crippen molar-refractivity contribution in [2.24, 2.45) is 10.1 Å². The van der Waals surface area contributed by atoms with Crippen molar-refractivity contribution in [2.75, 3.05) is 31.3 Å². The molecule has 1 aliphatic rings. The van der Waals surface area contributed by atoms with Crippen LogP contribution < -0.4 is 14.8 Å². The SMILES string of the molecule is C=CCN1CC(Oc2ccc(OC)cc2)=NC(SCC(=O)Nc2cc(Cl)cc(Cl)c2)=N1. The number of aliphatic imine (C=N–C) groups is 1. The number of hydrogen-bond donors (Lipinski definition) is 1. The molecule has 0 atom stereocenters. The largest absolute Gasteiger partial charge is 0.497 e. The van der Waals surface area contributed by atoms with Crippen molar-refractivity contribution >= 4 is 57.6 Å². The number of methoxy groups -OCH3 is 1. The van der Waals surface area contributed by atoms with E-state index >= 15 is 0 Å². The molecule has 0 unspecified atom stereocenters. The standard InChI is InChI=1S/C21H20Cl2N4O3S/c1-3-8-27-12-20(30-18-6-4-17(29-2)5-7-18)25-21(26-27)31-13-19(28)24-16-10-14(22)9-15(23)11-16/h3-7,9-11H,1,8,12-13H2,2H3,(H,24,28). The van der Waals surface area contributed by atoms with Gasteiger partial charge in [-0.1, -0.05) is 41.0 Å². The number of rotatable bonds is 7. The minimum atomic E-state index is -0.236. The molecule has 162 valence electrons. The van der Waals surface area contributed by atoms with Crippen LogP contribution in [0.4, 0.5) is 5.69 Å². The van der Waals surface area contributed by atoms with Crippen molar-refractivity contribution < 1.29 is 14.3 Å². The van der Waals surface area contributed by atoms with Crippen molar-refractivity contribution in [1.82, 2.24) is 5.01 Å². The number of hydrazone groups is 1. The molecular formula is C21H20Cl2N4O3S. The molecule has 1 amide bonds. The van der Waals surface area contributed by atoms with Crippen LogP contribution >= 0.6 is 35.0 Å². The average Bonchev–Trinajstić information content (AvgIpc) is 2.72. The summed E-state index contributed by atoms with van der Waals surface area (Å²) < 4.78 is 11.0. The number of benzene rings is 2. The van der Waals surface area contributed by atoms with Crippen LogP contribution in [0.5, 0.6) is 11.5 Å². The Bertz CT molecular complexity index is 992. The molecule has 1 heterocycles. The van der Waals surface area contributed by atoms with Crippen molar-refractivity contribution in [1.29, 1.82) is 0 Å². The molecule has 0 aromatic heterocycles. The molecule has 0 saturated carbocycles. The number of halogens is 2. The van der Waals surface area contributed by atoms with Gasteiger partial charge in [-0.25, -0.2) is 0 Å². The smallest absolute Gasteiger partial charge is 0.234 e. The van der Waals surface area contributed by atoms with E-state index in [0.717, 1.165) is 5.75 Å². The maximum Gasteiger partial charge on any atom is 0.234 e. The second-order valence-electron chi connectivity index (χ2n) is 6.30. The van der Waals surface area contributed by atoms with Gasteiger partial charge in [-0.05, 0) is 42.5 Å². The topological polar surface area (TPSA) is 75.5 Å². The van der Waals surface area contributed by atoms with Crippen LogP contribution in [-0.4, -0.2) is 47.9 Å². The molecule has 0 radical (unpaired) electrons. The molecule has 0 saturated heterocycles. The van der Waals surface area contributed by atoms with Crippen molar-refractivity contribution in [3.63, 3.8) is 0 Å². The number of nitrogens with zero attached hydrogens (tertiary/aromatic N) is 3. The fourth-order valence-corrected chi connectivity index (χ4v) is 3.78. The normalized spacial score (nSPS) is 13.2. The lowest BCUT2D eigenvalue weighted by Crippen LogP contribution is -2.33. The molecule has 7 nitrogen and oxygen atoms in total. The van der Waals surface area contributed by atoms with Gasteiger partial charge in [0.1, 0.15) is 18.0 Å². The molecule has 0 spiro atoms. The first-order valence-corrected chi connectivity index (χ1v) is 10.9. The van der Waals surface area contributed by atoms with Gasteiger partial charge in [0, 0.05) is 15.7 Å². The lowest BCUT2D eigenvalue weighted by molar-refractivity contribution is -0.113. The first-order chi connectivity index (χ1) is 14.9. The maximum absolute atomic E-state index is 12.3. The zero-order chi connectivity index (χ0) is 22.2. The molecule has 2 aromatic carbocycles. The Hall–Kier alpha value is -2.68. The number of hydrogen-bond acceptors (Lipinski definition) is 7. The minimum absolute atomic E-state index is 0.101. The highest BCUT2D eigenvalue weighted by molar-refractivity contribution is 8.14. The van der Waals surface area contributed by atoms with Crippen LogP contribution in [0.15, 0.2) is 65.2 Å². The number of nitrogens with one attached hydrogen (secondary N) is 1. The Kier molecular flexibility index (Phi) is 8.22. The number of carbonyl (C=O) groups is 1. The van der Waals surface area contributed by atoms with Crippen LogP contribution in [0.3, 0.4) is 0 Å². The minimum Gasteiger partial charge on any atom is -0.497 e. The highest BCUT2D eigenvalue weighted by Crippen LogP contribution is 2.23. The van der Waals surface area contributed by atoms with Gasteiger partial charge < -0.3 is 14.8 Å². The number of thioether (sulfide) groups is 1. The summed E-state index contributed by atoms with van der Waals surface area (Å²) in [5, 5.41) is 10.2. The van der Waals surface area contributed by atoms with E-state index < -0.39 is 0 Å². The van der Waals surface area contributed by atoms with E-state index in [1.165, 1.54) is 11.8 Å². The second kappa shape index (κ2) is 11.1. The fraction of sp³-hybridized carbons (Fsp3) is 0.190. The Morgan fingerprint density at radius 3 is 2.55 bits per heavy atom. The number of ether oxygens (including phenoxy) is 2. The number of carbonyl (C=O) groups excluding carboxylic acids is 1. The molecule has 1 aliphatic heterocycles. The lowest BCUT2D eigenvalue weighted by atomic mass is 10.3. The van der Waals surface area contributed by atoms with Gasteiger partial charge in [0.05, 0.1) is 19.4 Å². The maximum atomic E-state index is 12.3. The van der Waals surface area contributed by atoms with E-state index in [-0.39, 0.29) is 11.7 Å². The van der Waals surface area contributed by atoms with Crippen molar-refractivity contribution in [3.05, 3.63) is 65.2 Å². The number of amides is 1. The van der Waals surface area contributed by atoms with E-state index in [1.807, 2.05) is 0 Å². The van der Waals surface area contributed by atoms with Crippen LogP contribution in [-0.2, 0) is 4.79 Å². The fourth-order valence-electron chi connectivity index (χ4n) is 2.58. The summed E-state index contributed by atoms with van der Waals surface area (Å²) >= 11 is 13.1. The zero-order valence-electron chi connectivity index (χ0n) is 16.7. The molecule has 0 aliphatic carbocycles. The second-order valence-corrected chi connectivity index (χ2v) is 8.11. The van der Waals surface area contributed by atoms with Gasteiger partial charge in [0.15, 0.2) is 0 Å². The van der Waals surface area contributed by atoms with E-state index in [9.17, 15) is 4.79 Å². The third-order valence-electron chi connectivity index (χ3n) is 3.88. The first-order valence-electron chi connectivity index (χ1n) is 9.18. The van der Waals surface area contributed by atoms with Crippen LogP contribution in [0.1, 0.15) is 0 Å². The zero-order valence-corrected chi connectivity index (χ0v) is 19.0. The van der Waals surface area contributed by atoms with Crippen LogP contribution in [0.2, 0.25) is 10.0 Å². The molecule has 3 rings (SSSR count). The van der Waals surface area contributed by atoms with Crippen LogP contribution in [0, 0.1) is 0 Å². The Morgan fingerprint density at radius 2 is 1.90 bits per heavy atom. The first kappa shape index (κ1) is 23.0. The van der Waals surface area contributed by atoms with Gasteiger partial charge >= 0.3 is 0 Å². The van der Waals surface area contributed by atoms with Gasteiger partial charge in [-0.2, -0.15) is 4.99 Å². The third-order valence-corrected chi connectivity index (χ3v) is 5.15. The van der Waals surface area contributed by atoms with Gasteiger partial charge in [0.2, 0.25) is 17.0 Å². The number of amidine groups is 1. The summed E-state index contributed by atoms with van der Waals surface area (Å²) in [6, 6.07) is 12.0. The summed E-state index contributed by atoms with van der Waals surface area (Å²) in [5.74, 6) is 1.69. The summed E-state index contributed by atoms with van der Waals surface area (Å²) in [6.45, 7) is 4.65. The average molecular weight is 479 g/mol. The molecule has 2 aromatic rings. The molecule has 1 N–H and O–H groups in total. The molecule has 10 heteroatoms. The lowest BCUT2D eigenvalue weighted by Gasteiger charge is -2.23. The highest BCUT2D eigenvalue weighted by atomic mass is 35.5. The van der Waals surface area contributed by atoms with Gasteiger partial charge in [-0.15, -0.1) is 11.7 Å².